The van der Waals surface area contributed by atoms with Gasteiger partial charge in [-0.05, 0) is 13.8 Å². The molecule has 5 heteroatoms. The van der Waals surface area contributed by atoms with E-state index in [4.69, 9.17) is 9.26 Å². The van der Waals surface area contributed by atoms with Crippen LogP contribution in [0.3, 0.4) is 0 Å². The van der Waals surface area contributed by atoms with Gasteiger partial charge in [0, 0.05) is 18.2 Å². The number of nitrogens with one attached hydrogen (secondary N) is 1. The van der Waals surface area contributed by atoms with Gasteiger partial charge in [-0.3, -0.25) is 0 Å². The second-order valence-electron chi connectivity index (χ2n) is 3.82. The number of carbonyl (C=O) groups is 1. The summed E-state index contributed by atoms with van der Waals surface area (Å²) in [7, 11) is 0. The lowest BCUT2D eigenvalue weighted by Crippen LogP contribution is -2.23. The third kappa shape index (κ3) is 3.06. The van der Waals surface area contributed by atoms with Gasteiger partial charge in [-0.1, -0.05) is 19.0 Å². The number of rotatable bonds is 5. The summed E-state index contributed by atoms with van der Waals surface area (Å²) < 4.78 is 9.90. The summed E-state index contributed by atoms with van der Waals surface area (Å²) in [6.45, 7) is 8.51. The average Bonchev–Trinajstić information content (AvgIpc) is 2.57. The highest BCUT2D eigenvalue weighted by atomic mass is 16.5. The second-order valence-corrected chi connectivity index (χ2v) is 3.82. The van der Waals surface area contributed by atoms with Gasteiger partial charge in [-0.2, -0.15) is 0 Å². The fourth-order valence-electron chi connectivity index (χ4n) is 1.27. The zero-order chi connectivity index (χ0) is 12.1. The van der Waals surface area contributed by atoms with E-state index in [-0.39, 0.29) is 5.69 Å². The van der Waals surface area contributed by atoms with Crippen LogP contribution in [0.5, 0.6) is 0 Å². The Balaban J connectivity index is 2.81. The first-order valence-corrected chi connectivity index (χ1v) is 5.41. The van der Waals surface area contributed by atoms with Crippen LogP contribution >= 0.6 is 0 Å². The lowest BCUT2D eigenvalue weighted by molar-refractivity contribution is 0.0513. The molecule has 90 valence electrons. The molecule has 1 N–H and O–H groups in total. The summed E-state index contributed by atoms with van der Waals surface area (Å²) >= 11 is 0. The Morgan fingerprint density at radius 1 is 1.56 bits per heavy atom. The van der Waals surface area contributed by atoms with Crippen LogP contribution in [0.25, 0.3) is 0 Å². The summed E-state index contributed by atoms with van der Waals surface area (Å²) in [5, 5.41) is 6.94. The molecule has 0 spiro atoms. The molecule has 0 fully saturated rings. The Labute approximate surface area is 95.1 Å². The highest BCUT2D eigenvalue weighted by molar-refractivity contribution is 5.88. The van der Waals surface area contributed by atoms with E-state index in [9.17, 15) is 4.79 Å². The van der Waals surface area contributed by atoms with Crippen molar-refractivity contribution in [1.29, 1.82) is 0 Å². The lowest BCUT2D eigenvalue weighted by atomic mass is 10.2. The van der Waals surface area contributed by atoms with Gasteiger partial charge in [0.15, 0.2) is 5.69 Å². The number of carbonyl (C=O) groups excluding carboxylic acids is 1. The van der Waals surface area contributed by atoms with Crippen molar-refractivity contribution in [1.82, 2.24) is 10.5 Å². The van der Waals surface area contributed by atoms with Crippen molar-refractivity contribution >= 4 is 5.97 Å². The van der Waals surface area contributed by atoms with Crippen molar-refractivity contribution in [3.05, 3.63) is 17.0 Å². The Hall–Kier alpha value is -1.36. The summed E-state index contributed by atoms with van der Waals surface area (Å²) in [5.41, 5.74) is 1.04. The molecule has 0 radical (unpaired) electrons. The molecule has 5 nitrogen and oxygen atoms in total. The zero-order valence-corrected chi connectivity index (χ0v) is 10.2. The van der Waals surface area contributed by atoms with Crippen molar-refractivity contribution in [3.8, 4) is 0 Å². The molecule has 1 aromatic heterocycles. The Morgan fingerprint density at radius 2 is 2.25 bits per heavy atom. The predicted octanol–water partition coefficient (Wildman–Crippen LogP) is 1.66. The van der Waals surface area contributed by atoms with Crippen molar-refractivity contribution in [2.24, 2.45) is 0 Å². The molecule has 1 aromatic rings. The van der Waals surface area contributed by atoms with E-state index >= 15 is 0 Å². The molecule has 0 aliphatic rings. The fourth-order valence-corrected chi connectivity index (χ4v) is 1.27. The molecule has 0 saturated heterocycles. The first kappa shape index (κ1) is 12.7. The van der Waals surface area contributed by atoms with Gasteiger partial charge in [0.2, 0.25) is 0 Å². The van der Waals surface area contributed by atoms with Crippen LogP contribution in [0, 0.1) is 6.92 Å². The van der Waals surface area contributed by atoms with Crippen LogP contribution < -0.4 is 5.32 Å². The van der Waals surface area contributed by atoms with Crippen LogP contribution in [0.2, 0.25) is 0 Å². The number of ether oxygens (including phenoxy) is 1. The van der Waals surface area contributed by atoms with Crippen molar-refractivity contribution in [3.63, 3.8) is 0 Å². The molecule has 0 unspecified atom stereocenters. The Morgan fingerprint density at radius 3 is 2.81 bits per heavy atom. The van der Waals surface area contributed by atoms with Crippen LogP contribution in [0.4, 0.5) is 0 Å². The monoisotopic (exact) mass is 226 g/mol. The van der Waals surface area contributed by atoms with Crippen LogP contribution in [0.1, 0.15) is 42.6 Å². The largest absolute Gasteiger partial charge is 0.461 e. The standard InChI is InChI=1S/C11H18N2O3/c1-5-15-11(14)10-9(6-12-7(2)3)8(4)16-13-10/h7,12H,5-6H2,1-4H3. The molecular weight excluding hydrogens is 208 g/mol. The van der Waals surface area contributed by atoms with E-state index in [1.807, 2.05) is 13.8 Å². The third-order valence-corrected chi connectivity index (χ3v) is 2.14. The summed E-state index contributed by atoms with van der Waals surface area (Å²) in [6.07, 6.45) is 0. The molecule has 0 aliphatic carbocycles. The minimum Gasteiger partial charge on any atom is -0.461 e. The number of aromatic nitrogens is 1. The summed E-state index contributed by atoms with van der Waals surface area (Å²) in [6, 6.07) is 0.337. The van der Waals surface area contributed by atoms with Crippen LogP contribution in [0.15, 0.2) is 4.52 Å². The maximum Gasteiger partial charge on any atom is 0.360 e. The van der Waals surface area contributed by atoms with Gasteiger partial charge in [-0.15, -0.1) is 0 Å². The van der Waals surface area contributed by atoms with Crippen molar-refractivity contribution in [2.75, 3.05) is 6.61 Å². The van der Waals surface area contributed by atoms with Gasteiger partial charge in [0.1, 0.15) is 5.76 Å². The van der Waals surface area contributed by atoms with Gasteiger partial charge >= 0.3 is 5.97 Å². The molecule has 0 atom stereocenters. The van der Waals surface area contributed by atoms with Crippen LogP contribution in [-0.4, -0.2) is 23.8 Å². The van der Waals surface area contributed by atoms with Gasteiger partial charge in [0.25, 0.3) is 0 Å². The Kier molecular flexibility index (Phi) is 4.49. The molecule has 16 heavy (non-hydrogen) atoms. The maximum absolute atomic E-state index is 11.6. The lowest BCUT2D eigenvalue weighted by Gasteiger charge is -2.07. The highest BCUT2D eigenvalue weighted by Crippen LogP contribution is 2.14. The number of nitrogens with zero attached hydrogens (tertiary/aromatic N) is 1. The van der Waals surface area contributed by atoms with Crippen molar-refractivity contribution < 1.29 is 14.1 Å². The SMILES string of the molecule is CCOC(=O)c1noc(C)c1CNC(C)C. The zero-order valence-electron chi connectivity index (χ0n) is 10.2. The van der Waals surface area contributed by atoms with E-state index in [0.29, 0.717) is 25.0 Å². The van der Waals surface area contributed by atoms with E-state index in [1.165, 1.54) is 0 Å². The Bertz CT molecular complexity index is 358. The second kappa shape index (κ2) is 5.65. The predicted molar refractivity (Wildman–Crippen MR) is 59.2 cm³/mol. The quantitative estimate of drug-likeness (QED) is 0.773. The third-order valence-electron chi connectivity index (χ3n) is 2.14. The maximum atomic E-state index is 11.6. The van der Waals surface area contributed by atoms with E-state index in [0.717, 1.165) is 5.56 Å². The molecule has 1 rings (SSSR count). The number of hydrogen-bond donors (Lipinski definition) is 1. The molecule has 0 saturated carbocycles. The molecule has 0 amide bonds. The topological polar surface area (TPSA) is 64.4 Å². The van der Waals surface area contributed by atoms with Gasteiger partial charge < -0.3 is 14.6 Å². The average molecular weight is 226 g/mol. The van der Waals surface area contributed by atoms with E-state index < -0.39 is 5.97 Å². The summed E-state index contributed by atoms with van der Waals surface area (Å²) in [4.78, 5) is 11.6. The molecule has 0 aromatic carbocycles. The summed E-state index contributed by atoms with van der Waals surface area (Å²) in [5.74, 6) is 0.219. The van der Waals surface area contributed by atoms with Crippen LogP contribution in [-0.2, 0) is 11.3 Å². The van der Waals surface area contributed by atoms with E-state index in [2.05, 4.69) is 10.5 Å². The number of esters is 1. The van der Waals surface area contributed by atoms with Gasteiger partial charge in [-0.25, -0.2) is 4.79 Å². The number of aryl methyl sites for hydroxylation is 1. The fraction of sp³-hybridized carbons (Fsp3) is 0.636. The van der Waals surface area contributed by atoms with Gasteiger partial charge in [0.05, 0.1) is 6.61 Å². The first-order chi connectivity index (χ1) is 7.56. The van der Waals surface area contributed by atoms with E-state index in [1.54, 1.807) is 13.8 Å². The number of hydrogen-bond acceptors (Lipinski definition) is 5. The minimum atomic E-state index is -0.431. The highest BCUT2D eigenvalue weighted by Gasteiger charge is 2.20. The van der Waals surface area contributed by atoms with Crippen molar-refractivity contribution in [2.45, 2.75) is 40.3 Å². The molecule has 0 aliphatic heterocycles. The molecular formula is C11H18N2O3. The molecule has 1 heterocycles. The minimum absolute atomic E-state index is 0.271. The first-order valence-electron chi connectivity index (χ1n) is 5.41. The molecule has 0 bridgehead atoms. The normalized spacial score (nSPS) is 10.8. The smallest absolute Gasteiger partial charge is 0.360 e.